The number of carbonyl (C=O) groups excluding carboxylic acids is 2. The number of carbonyl (C=O) groups is 2. The first-order valence-corrected chi connectivity index (χ1v) is 5.10. The van der Waals surface area contributed by atoms with Crippen LogP contribution in [0.5, 0.6) is 0 Å². The molecule has 15 heavy (non-hydrogen) atoms. The second-order valence-electron chi connectivity index (χ2n) is 2.98. The fourth-order valence-corrected chi connectivity index (χ4v) is 1.89. The summed E-state index contributed by atoms with van der Waals surface area (Å²) in [6.45, 7) is 0. The van der Waals surface area contributed by atoms with Gasteiger partial charge in [-0.3, -0.25) is 9.59 Å². The van der Waals surface area contributed by atoms with Gasteiger partial charge in [-0.05, 0) is 18.2 Å². The lowest BCUT2D eigenvalue weighted by Crippen LogP contribution is -2.17. The summed E-state index contributed by atoms with van der Waals surface area (Å²) in [5.74, 6) is -0.924. The average Bonchev–Trinajstić information content (AvgIpc) is 2.23. The van der Waals surface area contributed by atoms with Gasteiger partial charge in [0, 0.05) is 16.1 Å². The third-order valence-corrected chi connectivity index (χ3v) is 3.12. The van der Waals surface area contributed by atoms with Gasteiger partial charge in [0.25, 0.3) is 0 Å². The van der Waals surface area contributed by atoms with E-state index in [4.69, 9.17) is 34.8 Å². The van der Waals surface area contributed by atoms with Crippen LogP contribution in [-0.4, -0.2) is 11.6 Å². The van der Waals surface area contributed by atoms with Crippen molar-refractivity contribution in [2.75, 3.05) is 0 Å². The van der Waals surface area contributed by atoms with Crippen LogP contribution >= 0.6 is 34.8 Å². The molecule has 0 radical (unpaired) electrons. The minimum atomic E-state index is -0.473. The molecule has 0 atom stereocenters. The third-order valence-electron chi connectivity index (χ3n) is 2.06. The van der Waals surface area contributed by atoms with E-state index in [1.165, 1.54) is 18.2 Å². The molecule has 0 saturated carbocycles. The van der Waals surface area contributed by atoms with Crippen molar-refractivity contribution in [1.82, 2.24) is 0 Å². The third kappa shape index (κ3) is 1.59. The molecular weight excluding hydrogens is 258 g/mol. The van der Waals surface area contributed by atoms with E-state index < -0.39 is 11.6 Å². The fourth-order valence-electron chi connectivity index (χ4n) is 1.34. The van der Waals surface area contributed by atoms with Gasteiger partial charge in [-0.15, -0.1) is 0 Å². The minimum Gasteiger partial charge on any atom is -0.288 e. The maximum absolute atomic E-state index is 11.6. The number of hydrogen-bond acceptors (Lipinski definition) is 2. The summed E-state index contributed by atoms with van der Waals surface area (Å²) >= 11 is 17.0. The highest BCUT2D eigenvalue weighted by molar-refractivity contribution is 6.59. The van der Waals surface area contributed by atoms with Crippen LogP contribution in [0, 0.1) is 0 Å². The van der Waals surface area contributed by atoms with Gasteiger partial charge in [-0.25, -0.2) is 0 Å². The maximum atomic E-state index is 11.6. The summed E-state index contributed by atoms with van der Waals surface area (Å²) in [5.41, 5.74) is 0.431. The van der Waals surface area contributed by atoms with E-state index >= 15 is 0 Å². The predicted octanol–water partition coefficient (Wildman–Crippen LogP) is 3.41. The smallest absolute Gasteiger partial charge is 0.206 e. The van der Waals surface area contributed by atoms with E-state index in [1.807, 2.05) is 0 Å². The number of halogens is 3. The highest BCUT2D eigenvalue weighted by atomic mass is 35.5. The maximum Gasteiger partial charge on any atom is 0.206 e. The standard InChI is InChI=1S/C10H3Cl3O2/c11-4-1-2-5-6(3-4)10(15)8(13)7(12)9(5)14/h1-3H. The van der Waals surface area contributed by atoms with Crippen LogP contribution < -0.4 is 0 Å². The zero-order chi connectivity index (χ0) is 11.2. The van der Waals surface area contributed by atoms with Crippen molar-refractivity contribution in [2.24, 2.45) is 0 Å². The second kappa shape index (κ2) is 3.63. The van der Waals surface area contributed by atoms with Gasteiger partial charge < -0.3 is 0 Å². The molecule has 0 heterocycles. The Morgan fingerprint density at radius 3 is 1.93 bits per heavy atom. The quantitative estimate of drug-likeness (QED) is 0.717. The molecule has 1 aliphatic rings. The van der Waals surface area contributed by atoms with Crippen LogP contribution in [0.25, 0.3) is 0 Å². The Morgan fingerprint density at radius 1 is 0.800 bits per heavy atom. The molecule has 76 valence electrons. The van der Waals surface area contributed by atoms with Crippen molar-refractivity contribution in [1.29, 1.82) is 0 Å². The number of benzene rings is 1. The van der Waals surface area contributed by atoms with Crippen molar-refractivity contribution >= 4 is 46.4 Å². The first kappa shape index (κ1) is 10.7. The molecule has 2 nitrogen and oxygen atoms in total. The van der Waals surface area contributed by atoms with Gasteiger partial charge in [0.05, 0.1) is 0 Å². The Balaban J connectivity index is 2.73. The lowest BCUT2D eigenvalue weighted by Gasteiger charge is -2.13. The summed E-state index contributed by atoms with van der Waals surface area (Å²) in [7, 11) is 0. The largest absolute Gasteiger partial charge is 0.288 e. The lowest BCUT2D eigenvalue weighted by atomic mass is 9.94. The van der Waals surface area contributed by atoms with Crippen LogP contribution in [0.3, 0.4) is 0 Å². The topological polar surface area (TPSA) is 34.1 Å². The predicted molar refractivity (Wildman–Crippen MR) is 58.8 cm³/mol. The molecule has 0 spiro atoms. The van der Waals surface area contributed by atoms with E-state index in [0.29, 0.717) is 5.02 Å². The zero-order valence-corrected chi connectivity index (χ0v) is 9.45. The molecule has 5 heteroatoms. The van der Waals surface area contributed by atoms with Crippen molar-refractivity contribution in [3.63, 3.8) is 0 Å². The Hall–Kier alpha value is -0.830. The molecular formula is C10H3Cl3O2. The number of allylic oxidation sites excluding steroid dienone is 2. The number of hydrogen-bond donors (Lipinski definition) is 0. The molecule has 1 aromatic carbocycles. The van der Waals surface area contributed by atoms with Crippen LogP contribution in [0.4, 0.5) is 0 Å². The first-order valence-electron chi connectivity index (χ1n) is 3.96. The van der Waals surface area contributed by atoms with Gasteiger partial charge in [0.15, 0.2) is 0 Å². The molecule has 0 N–H and O–H groups in total. The van der Waals surface area contributed by atoms with Crippen molar-refractivity contribution < 1.29 is 9.59 Å². The lowest BCUT2D eigenvalue weighted by molar-refractivity contribution is 0.0987. The zero-order valence-electron chi connectivity index (χ0n) is 7.18. The number of ketones is 2. The second-order valence-corrected chi connectivity index (χ2v) is 4.17. The van der Waals surface area contributed by atoms with Gasteiger partial charge in [-0.2, -0.15) is 0 Å². The van der Waals surface area contributed by atoms with Gasteiger partial charge in [0.2, 0.25) is 11.6 Å². The molecule has 0 unspecified atom stereocenters. The first-order chi connectivity index (χ1) is 7.02. The molecule has 2 rings (SSSR count). The van der Waals surface area contributed by atoms with Crippen LogP contribution in [0.2, 0.25) is 5.02 Å². The fraction of sp³-hybridized carbons (Fsp3) is 0. The summed E-state index contributed by atoms with van der Waals surface area (Å²) in [6, 6.07) is 4.39. The minimum absolute atomic E-state index is 0.196. The summed E-state index contributed by atoms with van der Waals surface area (Å²) < 4.78 is 0. The number of Topliss-reactive ketones (excluding diaryl/α,β-unsaturated/α-hetero) is 2. The van der Waals surface area contributed by atoms with Crippen molar-refractivity contribution in [3.8, 4) is 0 Å². The van der Waals surface area contributed by atoms with E-state index in [1.54, 1.807) is 0 Å². The average molecular weight is 261 g/mol. The van der Waals surface area contributed by atoms with E-state index in [9.17, 15) is 9.59 Å². The highest BCUT2D eigenvalue weighted by Gasteiger charge is 2.30. The SMILES string of the molecule is O=C1C(Cl)=C(Cl)C(=O)c2cc(Cl)ccc21. The van der Waals surface area contributed by atoms with E-state index in [2.05, 4.69) is 0 Å². The van der Waals surface area contributed by atoms with Crippen molar-refractivity contribution in [3.05, 3.63) is 44.4 Å². The Bertz CT molecular complexity index is 517. The number of fused-ring (bicyclic) bond motifs is 1. The molecule has 0 saturated heterocycles. The van der Waals surface area contributed by atoms with Crippen LogP contribution in [0.15, 0.2) is 28.3 Å². The Morgan fingerprint density at radius 2 is 1.33 bits per heavy atom. The molecule has 1 aliphatic carbocycles. The van der Waals surface area contributed by atoms with Crippen molar-refractivity contribution in [2.45, 2.75) is 0 Å². The molecule has 0 bridgehead atoms. The molecule has 1 aromatic rings. The van der Waals surface area contributed by atoms with E-state index in [0.717, 1.165) is 0 Å². The summed E-state index contributed by atoms with van der Waals surface area (Å²) in [6.07, 6.45) is 0. The molecule has 0 aromatic heterocycles. The summed E-state index contributed by atoms with van der Waals surface area (Å²) in [4.78, 5) is 23.3. The number of rotatable bonds is 0. The molecule has 0 amide bonds. The Kier molecular flexibility index (Phi) is 2.59. The van der Waals surface area contributed by atoms with Gasteiger partial charge >= 0.3 is 0 Å². The van der Waals surface area contributed by atoms with E-state index in [-0.39, 0.29) is 21.2 Å². The molecule has 0 fully saturated rings. The normalized spacial score (nSPS) is 15.7. The van der Waals surface area contributed by atoms with Gasteiger partial charge in [0.1, 0.15) is 10.1 Å². The molecule has 0 aliphatic heterocycles. The summed E-state index contributed by atoms with van der Waals surface area (Å²) in [5, 5.41) is -0.120. The monoisotopic (exact) mass is 260 g/mol. The Labute approximate surface area is 100 Å². The highest BCUT2D eigenvalue weighted by Crippen LogP contribution is 2.31. The van der Waals surface area contributed by atoms with Gasteiger partial charge in [-0.1, -0.05) is 34.8 Å². The van der Waals surface area contributed by atoms with Crippen LogP contribution in [0.1, 0.15) is 20.7 Å². The van der Waals surface area contributed by atoms with Crippen LogP contribution in [-0.2, 0) is 0 Å².